The number of imide groups is 1. The predicted octanol–water partition coefficient (Wildman–Crippen LogP) is 5.57. The highest BCUT2D eigenvalue weighted by Crippen LogP contribution is 2.41. The van der Waals surface area contributed by atoms with Crippen molar-refractivity contribution in [1.29, 1.82) is 0 Å². The van der Waals surface area contributed by atoms with Crippen LogP contribution < -0.4 is 14.6 Å². The zero-order chi connectivity index (χ0) is 27.3. The zero-order valence-electron chi connectivity index (χ0n) is 20.6. The van der Waals surface area contributed by atoms with Crippen LogP contribution in [0.5, 0.6) is 5.88 Å². The van der Waals surface area contributed by atoms with Crippen molar-refractivity contribution in [3.05, 3.63) is 98.9 Å². The molecule has 3 heterocycles. The maximum Gasteiger partial charge on any atom is 0.331 e. The maximum absolute atomic E-state index is 14.0. The number of carbonyl (C=O) groups excluding carboxylic acids is 2. The van der Waals surface area contributed by atoms with Crippen LogP contribution in [0.4, 0.5) is 5.69 Å². The largest absolute Gasteiger partial charge is 0.858 e. The molecule has 0 atom stereocenters. The molecular weight excluding hydrogens is 547 g/mol. The topological polar surface area (TPSA) is 82.1 Å². The molecule has 0 N–H and O–H groups in total. The fraction of sp³-hybridized carbons (Fsp3) is 0.143. The lowest BCUT2D eigenvalue weighted by Crippen LogP contribution is -2.39. The first-order chi connectivity index (χ1) is 18.1. The Morgan fingerprint density at radius 2 is 1.68 bits per heavy atom. The Kier molecular flexibility index (Phi) is 6.77. The van der Waals surface area contributed by atoms with Crippen LogP contribution in [0, 0.1) is 6.92 Å². The Morgan fingerprint density at radius 1 is 0.921 bits per heavy atom. The molecule has 38 heavy (non-hydrogen) atoms. The number of aryl methyl sites for hydroxylation is 1. The van der Waals surface area contributed by atoms with E-state index in [9.17, 15) is 14.7 Å². The first-order valence-corrected chi connectivity index (χ1v) is 12.8. The van der Waals surface area contributed by atoms with Crippen molar-refractivity contribution in [2.75, 3.05) is 4.90 Å². The van der Waals surface area contributed by atoms with E-state index in [1.54, 1.807) is 53.4 Å². The van der Waals surface area contributed by atoms with Crippen LogP contribution in [0.15, 0.2) is 67.0 Å². The monoisotopic (exact) mass is 566 g/mol. The van der Waals surface area contributed by atoms with Crippen molar-refractivity contribution >= 4 is 63.6 Å². The van der Waals surface area contributed by atoms with Gasteiger partial charge in [-0.05, 0) is 61.2 Å². The van der Waals surface area contributed by atoms with Crippen LogP contribution >= 0.6 is 34.8 Å². The van der Waals surface area contributed by atoms with Crippen LogP contribution in [0.2, 0.25) is 15.1 Å². The van der Waals surface area contributed by atoms with E-state index in [0.717, 1.165) is 10.5 Å². The van der Waals surface area contributed by atoms with Crippen LogP contribution in [-0.4, -0.2) is 21.6 Å². The van der Waals surface area contributed by atoms with E-state index in [4.69, 9.17) is 34.8 Å². The smallest absolute Gasteiger partial charge is 0.331 e. The van der Waals surface area contributed by atoms with Gasteiger partial charge in [0.05, 0.1) is 27.1 Å². The van der Waals surface area contributed by atoms with Gasteiger partial charge in [-0.3, -0.25) is 9.59 Å². The summed E-state index contributed by atoms with van der Waals surface area (Å²) in [5.74, 6) is -2.03. The van der Waals surface area contributed by atoms with E-state index in [-0.39, 0.29) is 27.8 Å². The van der Waals surface area contributed by atoms with Crippen LogP contribution in [0.25, 0.3) is 17.0 Å². The summed E-state index contributed by atoms with van der Waals surface area (Å²) in [5, 5.41) is 19.5. The molecule has 2 aromatic carbocycles. The van der Waals surface area contributed by atoms with E-state index >= 15 is 0 Å². The second-order valence-electron chi connectivity index (χ2n) is 9.17. The normalized spacial score (nSPS) is 13.8. The van der Waals surface area contributed by atoms with Gasteiger partial charge in [0.15, 0.2) is 12.4 Å². The number of amides is 2. The van der Waals surface area contributed by atoms with Crippen molar-refractivity contribution in [3.8, 4) is 11.6 Å². The van der Waals surface area contributed by atoms with Gasteiger partial charge in [-0.1, -0.05) is 54.7 Å². The quantitative estimate of drug-likeness (QED) is 0.233. The number of rotatable bonds is 5. The van der Waals surface area contributed by atoms with Crippen molar-refractivity contribution in [2.24, 2.45) is 0 Å². The van der Waals surface area contributed by atoms with Gasteiger partial charge in [0.25, 0.3) is 11.6 Å². The first-order valence-electron chi connectivity index (χ1n) is 11.7. The molecule has 0 aliphatic carbocycles. The molecule has 0 fully saturated rings. The minimum Gasteiger partial charge on any atom is -0.858 e. The van der Waals surface area contributed by atoms with E-state index in [2.05, 4.69) is 5.10 Å². The van der Waals surface area contributed by atoms with Gasteiger partial charge in [-0.15, -0.1) is 0 Å². The molecule has 4 aromatic rings. The molecule has 0 bridgehead atoms. The number of nitrogens with zero attached hydrogens (tertiary/aromatic N) is 4. The molecule has 5 rings (SSSR count). The average Bonchev–Trinajstić information content (AvgIpc) is 3.33. The molecule has 0 saturated heterocycles. The lowest BCUT2D eigenvalue weighted by atomic mass is 9.98. The van der Waals surface area contributed by atoms with Crippen LogP contribution in [0.1, 0.15) is 36.6 Å². The average molecular weight is 568 g/mol. The predicted molar refractivity (Wildman–Crippen MR) is 146 cm³/mol. The summed E-state index contributed by atoms with van der Waals surface area (Å²) in [6.07, 6.45) is 3.39. The number of hydrogen-bond acceptors (Lipinski definition) is 4. The number of halogens is 3. The molecule has 1 aliphatic rings. The SMILES string of the molecule is Cc1ccc[n+](C2=C(c3c(C(C)C)nn(-c4ccc(Cl)c(Cl)c4)c3[O-])C(=O)N(c3cccc(Cl)c3)C2=O)c1. The lowest BCUT2D eigenvalue weighted by molar-refractivity contribution is -0.577. The number of pyridine rings is 1. The Bertz CT molecular complexity index is 1660. The van der Waals surface area contributed by atoms with E-state index in [0.29, 0.717) is 27.1 Å². The summed E-state index contributed by atoms with van der Waals surface area (Å²) in [4.78, 5) is 29.0. The number of carbonyl (C=O) groups is 2. The second kappa shape index (κ2) is 9.91. The molecule has 2 aromatic heterocycles. The van der Waals surface area contributed by atoms with Gasteiger partial charge in [0.1, 0.15) is 5.57 Å². The minimum atomic E-state index is -0.644. The third kappa shape index (κ3) is 4.36. The zero-order valence-corrected chi connectivity index (χ0v) is 22.8. The van der Waals surface area contributed by atoms with E-state index in [1.807, 2.05) is 26.8 Å². The molecule has 7 nitrogen and oxygen atoms in total. The summed E-state index contributed by atoms with van der Waals surface area (Å²) in [7, 11) is 0. The second-order valence-corrected chi connectivity index (χ2v) is 10.4. The molecule has 0 spiro atoms. The molecule has 1 aliphatic heterocycles. The van der Waals surface area contributed by atoms with Crippen molar-refractivity contribution < 1.29 is 19.3 Å². The fourth-order valence-corrected chi connectivity index (χ4v) is 4.89. The summed E-state index contributed by atoms with van der Waals surface area (Å²) in [5.41, 5.74) is 1.97. The van der Waals surface area contributed by atoms with Crippen LogP contribution in [-0.2, 0) is 9.59 Å². The molecule has 10 heteroatoms. The van der Waals surface area contributed by atoms with Crippen molar-refractivity contribution in [1.82, 2.24) is 9.78 Å². The number of hydrogen-bond donors (Lipinski definition) is 0. The highest BCUT2D eigenvalue weighted by Gasteiger charge is 2.47. The Labute approximate surface area is 234 Å². The van der Waals surface area contributed by atoms with E-state index < -0.39 is 17.7 Å². The molecule has 2 amide bonds. The minimum absolute atomic E-state index is 0.0365. The molecule has 0 unspecified atom stereocenters. The molecular formula is C28H21Cl3N4O3. The fourth-order valence-electron chi connectivity index (χ4n) is 4.41. The third-order valence-corrected chi connectivity index (χ3v) is 7.12. The summed E-state index contributed by atoms with van der Waals surface area (Å²) in [6, 6.07) is 14.8. The highest BCUT2D eigenvalue weighted by atomic mass is 35.5. The third-order valence-electron chi connectivity index (χ3n) is 6.15. The number of anilines is 1. The number of aromatic nitrogens is 3. The van der Waals surface area contributed by atoms with Gasteiger partial charge in [-0.2, -0.15) is 9.67 Å². The van der Waals surface area contributed by atoms with Gasteiger partial charge in [-0.25, -0.2) is 9.58 Å². The Hall–Kier alpha value is -3.65. The standard InChI is InChI=1S/C28H21Cl3N4O3/c1-15(2)24-22(27(37)35(32-24)19-9-10-20(30)21(31)13-19)23-25(33-11-5-6-16(3)14-33)28(38)34(26(23)36)18-8-4-7-17(29)12-18/h4-15H,1-3H3. The molecule has 0 radical (unpaired) electrons. The van der Waals surface area contributed by atoms with Gasteiger partial charge in [0, 0.05) is 22.2 Å². The van der Waals surface area contributed by atoms with Gasteiger partial charge in [0.2, 0.25) is 0 Å². The van der Waals surface area contributed by atoms with Crippen LogP contribution in [0.3, 0.4) is 0 Å². The Balaban J connectivity index is 1.80. The van der Waals surface area contributed by atoms with Gasteiger partial charge < -0.3 is 5.11 Å². The summed E-state index contributed by atoms with van der Waals surface area (Å²) < 4.78 is 2.74. The number of benzene rings is 2. The summed E-state index contributed by atoms with van der Waals surface area (Å²) >= 11 is 18.5. The van der Waals surface area contributed by atoms with E-state index in [1.165, 1.54) is 16.8 Å². The Morgan fingerprint density at radius 3 is 2.34 bits per heavy atom. The maximum atomic E-state index is 14.0. The summed E-state index contributed by atoms with van der Waals surface area (Å²) in [6.45, 7) is 5.59. The van der Waals surface area contributed by atoms with Gasteiger partial charge >= 0.3 is 5.91 Å². The van der Waals surface area contributed by atoms with Crippen molar-refractivity contribution in [2.45, 2.75) is 26.7 Å². The first kappa shape index (κ1) is 26.0. The lowest BCUT2D eigenvalue weighted by Gasteiger charge is -2.16. The molecule has 0 saturated carbocycles. The van der Waals surface area contributed by atoms with Crippen molar-refractivity contribution in [3.63, 3.8) is 0 Å². The molecule has 192 valence electrons. The highest BCUT2D eigenvalue weighted by molar-refractivity contribution is 6.53.